The number of hydrogen-bond acceptors (Lipinski definition) is 8. The lowest BCUT2D eigenvalue weighted by Crippen LogP contribution is -2.39. The van der Waals surface area contributed by atoms with Gasteiger partial charge in [-0.05, 0) is 25.7 Å². The summed E-state index contributed by atoms with van der Waals surface area (Å²) in [5, 5.41) is 0. The molecule has 0 aromatic heterocycles. The van der Waals surface area contributed by atoms with Gasteiger partial charge in [-0.2, -0.15) is 0 Å². The molecule has 0 fully saturated rings. The molecule has 0 bridgehead atoms. The van der Waals surface area contributed by atoms with Crippen LogP contribution in [-0.4, -0.2) is 99.0 Å². The zero-order valence-corrected chi connectivity index (χ0v) is 20.4. The van der Waals surface area contributed by atoms with Gasteiger partial charge in [-0.25, -0.2) is 0 Å². The minimum Gasteiger partial charge on any atom is -0.381 e. The predicted octanol–water partition coefficient (Wildman–Crippen LogP) is 2.67. The molecule has 0 saturated carbocycles. The molecule has 0 rings (SSSR count). The zero-order valence-electron chi connectivity index (χ0n) is 20.4. The summed E-state index contributed by atoms with van der Waals surface area (Å²) in [6, 6.07) is 0. The molecule has 0 aliphatic carbocycles. The van der Waals surface area contributed by atoms with Gasteiger partial charge in [0.25, 0.3) is 0 Å². The van der Waals surface area contributed by atoms with Crippen molar-refractivity contribution in [3.8, 4) is 0 Å². The van der Waals surface area contributed by atoms with Gasteiger partial charge < -0.3 is 38.9 Å². The van der Waals surface area contributed by atoms with E-state index >= 15 is 0 Å². The lowest BCUT2D eigenvalue weighted by atomic mass is 9.87. The number of rotatable bonds is 26. The van der Waals surface area contributed by atoms with E-state index in [0.29, 0.717) is 79.2 Å². The van der Waals surface area contributed by atoms with E-state index in [4.69, 9.17) is 38.9 Å². The molecule has 0 aliphatic heterocycles. The van der Waals surface area contributed by atoms with Crippen molar-refractivity contribution in [2.45, 2.75) is 46.5 Å². The number of ether oxygens (including phenoxy) is 7. The third kappa shape index (κ3) is 20.0. The Morgan fingerprint density at radius 2 is 0.806 bits per heavy atom. The summed E-state index contributed by atoms with van der Waals surface area (Å²) in [7, 11) is 0. The summed E-state index contributed by atoms with van der Waals surface area (Å²) in [5.74, 6) is 0. The second-order valence-electron chi connectivity index (χ2n) is 7.65. The molecule has 0 amide bonds. The molecular formula is C23H49NO7. The Labute approximate surface area is 190 Å². The first-order chi connectivity index (χ1) is 15.2. The van der Waals surface area contributed by atoms with Crippen LogP contribution < -0.4 is 5.73 Å². The van der Waals surface area contributed by atoms with Gasteiger partial charge in [-0.15, -0.1) is 0 Å². The van der Waals surface area contributed by atoms with Gasteiger partial charge in [-0.3, -0.25) is 0 Å². The Kier molecular flexibility index (Phi) is 24.1. The fourth-order valence-corrected chi connectivity index (χ4v) is 2.77. The Balaban J connectivity index is 4.08. The quantitative estimate of drug-likeness (QED) is 0.201. The second-order valence-corrected chi connectivity index (χ2v) is 7.65. The SMILES string of the molecule is CCCOCC(CCOCCOCCOCCOCCN)(COCCC)COCCC. The third-order valence-corrected chi connectivity index (χ3v) is 4.43. The molecule has 0 aromatic rings. The highest BCUT2D eigenvalue weighted by Crippen LogP contribution is 2.25. The molecule has 0 heterocycles. The summed E-state index contributed by atoms with van der Waals surface area (Å²) in [4.78, 5) is 0. The van der Waals surface area contributed by atoms with E-state index in [-0.39, 0.29) is 5.41 Å². The van der Waals surface area contributed by atoms with E-state index < -0.39 is 0 Å². The molecule has 0 spiro atoms. The lowest BCUT2D eigenvalue weighted by molar-refractivity contribution is -0.0851. The van der Waals surface area contributed by atoms with Crippen molar-refractivity contribution in [3.63, 3.8) is 0 Å². The molecule has 31 heavy (non-hydrogen) atoms. The molecular weight excluding hydrogens is 402 g/mol. The van der Waals surface area contributed by atoms with E-state index in [1.54, 1.807) is 0 Å². The van der Waals surface area contributed by atoms with Crippen LogP contribution in [0.1, 0.15) is 46.5 Å². The van der Waals surface area contributed by atoms with E-state index in [2.05, 4.69) is 20.8 Å². The molecule has 0 radical (unpaired) electrons. The molecule has 0 aliphatic rings. The lowest BCUT2D eigenvalue weighted by Gasteiger charge is -2.33. The molecule has 8 heteroatoms. The minimum absolute atomic E-state index is 0.180. The van der Waals surface area contributed by atoms with Gasteiger partial charge in [0.15, 0.2) is 0 Å². The maximum absolute atomic E-state index is 5.90. The molecule has 0 unspecified atom stereocenters. The van der Waals surface area contributed by atoms with Gasteiger partial charge in [0.1, 0.15) is 0 Å². The van der Waals surface area contributed by atoms with E-state index in [0.717, 1.165) is 45.5 Å². The Morgan fingerprint density at radius 1 is 0.452 bits per heavy atom. The van der Waals surface area contributed by atoms with Crippen molar-refractivity contribution < 1.29 is 33.2 Å². The first-order valence-corrected chi connectivity index (χ1v) is 12.0. The van der Waals surface area contributed by atoms with Crippen LogP contribution >= 0.6 is 0 Å². The summed E-state index contributed by atoms with van der Waals surface area (Å²) < 4.78 is 39.7. The summed E-state index contributed by atoms with van der Waals surface area (Å²) in [6.07, 6.45) is 3.83. The molecule has 0 atom stereocenters. The average Bonchev–Trinajstić information content (AvgIpc) is 2.77. The second kappa shape index (κ2) is 24.3. The summed E-state index contributed by atoms with van der Waals surface area (Å²) in [5.41, 5.74) is 5.17. The fraction of sp³-hybridized carbons (Fsp3) is 1.00. The van der Waals surface area contributed by atoms with E-state index in [9.17, 15) is 0 Å². The predicted molar refractivity (Wildman–Crippen MR) is 123 cm³/mol. The van der Waals surface area contributed by atoms with Crippen molar-refractivity contribution in [1.82, 2.24) is 0 Å². The van der Waals surface area contributed by atoms with Crippen molar-refractivity contribution in [1.29, 1.82) is 0 Å². The monoisotopic (exact) mass is 451 g/mol. The van der Waals surface area contributed by atoms with Gasteiger partial charge >= 0.3 is 0 Å². The van der Waals surface area contributed by atoms with Gasteiger partial charge in [0.05, 0.1) is 66.1 Å². The van der Waals surface area contributed by atoms with Crippen LogP contribution in [-0.2, 0) is 33.2 Å². The maximum Gasteiger partial charge on any atom is 0.0701 e. The van der Waals surface area contributed by atoms with Crippen LogP contribution in [0.5, 0.6) is 0 Å². The summed E-state index contributed by atoms with van der Waals surface area (Å²) in [6.45, 7) is 15.5. The van der Waals surface area contributed by atoms with Crippen molar-refractivity contribution in [2.24, 2.45) is 11.1 Å². The van der Waals surface area contributed by atoms with E-state index in [1.807, 2.05) is 0 Å². The Morgan fingerprint density at radius 3 is 1.16 bits per heavy atom. The Hall–Kier alpha value is -0.320. The van der Waals surface area contributed by atoms with Crippen LogP contribution in [0.3, 0.4) is 0 Å². The van der Waals surface area contributed by atoms with Crippen molar-refractivity contribution >= 4 is 0 Å². The minimum atomic E-state index is -0.180. The highest BCUT2D eigenvalue weighted by atomic mass is 16.6. The smallest absolute Gasteiger partial charge is 0.0701 e. The first kappa shape index (κ1) is 30.7. The molecule has 8 nitrogen and oxygen atoms in total. The molecule has 0 aromatic carbocycles. The van der Waals surface area contributed by atoms with Gasteiger partial charge in [0, 0.05) is 38.4 Å². The van der Waals surface area contributed by atoms with Crippen LogP contribution in [0.2, 0.25) is 0 Å². The van der Waals surface area contributed by atoms with Crippen LogP contribution in [0, 0.1) is 5.41 Å². The standard InChI is InChI=1S/C23H49NO7/c1-4-9-29-20-23(21-30-10-5-2,22-31-11-6-3)7-12-25-14-16-27-18-19-28-17-15-26-13-8-24/h4-22,24H2,1-3H3. The number of nitrogens with two attached hydrogens (primary N) is 1. The normalized spacial score (nSPS) is 12.0. The molecule has 188 valence electrons. The summed E-state index contributed by atoms with van der Waals surface area (Å²) >= 11 is 0. The van der Waals surface area contributed by atoms with Gasteiger partial charge in [0.2, 0.25) is 0 Å². The third-order valence-electron chi connectivity index (χ3n) is 4.43. The molecule has 0 saturated heterocycles. The van der Waals surface area contributed by atoms with Crippen molar-refractivity contribution in [2.75, 3.05) is 99.0 Å². The highest BCUT2D eigenvalue weighted by molar-refractivity contribution is 4.79. The fourth-order valence-electron chi connectivity index (χ4n) is 2.77. The largest absolute Gasteiger partial charge is 0.381 e. The van der Waals surface area contributed by atoms with Crippen molar-refractivity contribution in [3.05, 3.63) is 0 Å². The first-order valence-electron chi connectivity index (χ1n) is 12.0. The van der Waals surface area contributed by atoms with E-state index in [1.165, 1.54) is 0 Å². The zero-order chi connectivity index (χ0) is 22.9. The van der Waals surface area contributed by atoms with Gasteiger partial charge in [-0.1, -0.05) is 20.8 Å². The highest BCUT2D eigenvalue weighted by Gasteiger charge is 2.31. The van der Waals surface area contributed by atoms with Crippen LogP contribution in [0.4, 0.5) is 0 Å². The Bertz CT molecular complexity index is 321. The topological polar surface area (TPSA) is 90.6 Å². The van der Waals surface area contributed by atoms with Crippen LogP contribution in [0.25, 0.3) is 0 Å². The maximum atomic E-state index is 5.90. The number of hydrogen-bond donors (Lipinski definition) is 1. The van der Waals surface area contributed by atoms with Crippen LogP contribution in [0.15, 0.2) is 0 Å². The molecule has 2 N–H and O–H groups in total. The average molecular weight is 452 g/mol.